The normalized spacial score (nSPS) is 10.8. The first kappa shape index (κ1) is 19.1. The molecule has 3 aromatic carbocycles. The molecule has 1 aromatic heterocycles. The fraction of sp³-hybridized carbons (Fsp3) is 0.130. The van der Waals surface area contributed by atoms with Crippen molar-refractivity contribution in [2.45, 2.75) is 10.9 Å². The van der Waals surface area contributed by atoms with Gasteiger partial charge in [0, 0.05) is 11.8 Å². The van der Waals surface area contributed by atoms with Gasteiger partial charge >= 0.3 is 0 Å². The molecule has 0 saturated carbocycles. The number of methoxy groups -OCH3 is 2. The SMILES string of the molecule is COc1ccc(-n2c(SCc3ccccc3)nc3ccccc3c2=O)cc1OC. The van der Waals surface area contributed by atoms with Gasteiger partial charge in [0.15, 0.2) is 16.7 Å². The van der Waals surface area contributed by atoms with Crippen molar-refractivity contribution in [1.82, 2.24) is 9.55 Å². The van der Waals surface area contributed by atoms with Gasteiger partial charge in [0.25, 0.3) is 5.56 Å². The van der Waals surface area contributed by atoms with Crippen molar-refractivity contribution in [3.63, 3.8) is 0 Å². The summed E-state index contributed by atoms with van der Waals surface area (Å²) in [4.78, 5) is 18.1. The van der Waals surface area contributed by atoms with Crippen LogP contribution in [-0.2, 0) is 5.75 Å². The third kappa shape index (κ3) is 3.84. The zero-order valence-electron chi connectivity index (χ0n) is 16.2. The fourth-order valence-corrected chi connectivity index (χ4v) is 4.09. The molecular weight excluding hydrogens is 384 g/mol. The van der Waals surface area contributed by atoms with E-state index in [-0.39, 0.29) is 5.56 Å². The molecule has 5 nitrogen and oxygen atoms in total. The molecule has 29 heavy (non-hydrogen) atoms. The van der Waals surface area contributed by atoms with Crippen LogP contribution in [-0.4, -0.2) is 23.8 Å². The molecule has 0 fully saturated rings. The highest BCUT2D eigenvalue weighted by Gasteiger charge is 2.15. The lowest BCUT2D eigenvalue weighted by Crippen LogP contribution is -2.21. The molecule has 0 aliphatic heterocycles. The third-order valence-electron chi connectivity index (χ3n) is 4.58. The first-order valence-corrected chi connectivity index (χ1v) is 10.1. The van der Waals surface area contributed by atoms with E-state index in [1.165, 1.54) is 17.3 Å². The van der Waals surface area contributed by atoms with Crippen molar-refractivity contribution in [3.05, 3.63) is 88.7 Å². The quantitative estimate of drug-likeness (QED) is 0.345. The predicted molar refractivity (Wildman–Crippen MR) is 116 cm³/mol. The number of aromatic nitrogens is 2. The van der Waals surface area contributed by atoms with Crippen molar-refractivity contribution >= 4 is 22.7 Å². The highest BCUT2D eigenvalue weighted by molar-refractivity contribution is 7.98. The lowest BCUT2D eigenvalue weighted by atomic mass is 10.2. The van der Waals surface area contributed by atoms with Crippen LogP contribution in [0.3, 0.4) is 0 Å². The molecule has 1 heterocycles. The summed E-state index contributed by atoms with van der Waals surface area (Å²) in [7, 11) is 3.16. The van der Waals surface area contributed by atoms with Crippen LogP contribution in [0.4, 0.5) is 0 Å². The molecule has 4 aromatic rings. The third-order valence-corrected chi connectivity index (χ3v) is 5.59. The maximum absolute atomic E-state index is 13.4. The van der Waals surface area contributed by atoms with Crippen molar-refractivity contribution in [1.29, 1.82) is 0 Å². The van der Waals surface area contributed by atoms with Crippen LogP contribution in [0.5, 0.6) is 11.5 Å². The number of hydrogen-bond donors (Lipinski definition) is 0. The number of thioether (sulfide) groups is 1. The van der Waals surface area contributed by atoms with Crippen molar-refractivity contribution < 1.29 is 9.47 Å². The van der Waals surface area contributed by atoms with E-state index in [1.54, 1.807) is 37.0 Å². The highest BCUT2D eigenvalue weighted by atomic mass is 32.2. The van der Waals surface area contributed by atoms with Crippen LogP contribution in [0.1, 0.15) is 5.56 Å². The summed E-state index contributed by atoms with van der Waals surface area (Å²) >= 11 is 1.53. The maximum atomic E-state index is 13.4. The molecule has 0 bridgehead atoms. The molecule has 0 aliphatic carbocycles. The van der Waals surface area contributed by atoms with E-state index in [9.17, 15) is 4.79 Å². The lowest BCUT2D eigenvalue weighted by Gasteiger charge is -2.15. The average Bonchev–Trinajstić information content (AvgIpc) is 2.78. The van der Waals surface area contributed by atoms with Gasteiger partial charge < -0.3 is 9.47 Å². The van der Waals surface area contributed by atoms with E-state index in [0.717, 1.165) is 0 Å². The zero-order chi connectivity index (χ0) is 20.2. The minimum absolute atomic E-state index is 0.113. The van der Waals surface area contributed by atoms with Gasteiger partial charge in [-0.2, -0.15) is 0 Å². The second-order valence-electron chi connectivity index (χ2n) is 6.37. The summed E-state index contributed by atoms with van der Waals surface area (Å²) in [5.74, 6) is 1.87. The van der Waals surface area contributed by atoms with E-state index in [0.29, 0.717) is 39.0 Å². The van der Waals surface area contributed by atoms with E-state index in [4.69, 9.17) is 14.5 Å². The Labute approximate surface area is 172 Å². The van der Waals surface area contributed by atoms with Crippen LogP contribution in [0.2, 0.25) is 0 Å². The second kappa shape index (κ2) is 8.41. The van der Waals surface area contributed by atoms with Gasteiger partial charge in [-0.05, 0) is 29.8 Å². The van der Waals surface area contributed by atoms with Gasteiger partial charge in [-0.3, -0.25) is 9.36 Å². The summed E-state index contributed by atoms with van der Waals surface area (Å²) < 4.78 is 12.4. The van der Waals surface area contributed by atoms with Gasteiger partial charge in [0.05, 0.1) is 30.8 Å². The Balaban J connectivity index is 1.86. The topological polar surface area (TPSA) is 53.4 Å². The predicted octanol–water partition coefficient (Wildman–Crippen LogP) is 4.70. The Kier molecular flexibility index (Phi) is 5.53. The fourth-order valence-electron chi connectivity index (χ4n) is 3.12. The monoisotopic (exact) mass is 404 g/mol. The van der Waals surface area contributed by atoms with Crippen LogP contribution >= 0.6 is 11.8 Å². The molecule has 0 saturated heterocycles. The van der Waals surface area contributed by atoms with E-state index < -0.39 is 0 Å². The number of benzene rings is 3. The molecule has 4 rings (SSSR count). The Morgan fingerprint density at radius 2 is 1.62 bits per heavy atom. The maximum Gasteiger partial charge on any atom is 0.266 e. The average molecular weight is 404 g/mol. The summed E-state index contributed by atoms with van der Waals surface area (Å²) in [6, 6.07) is 23.0. The van der Waals surface area contributed by atoms with Crippen LogP contribution in [0.15, 0.2) is 82.7 Å². The second-order valence-corrected chi connectivity index (χ2v) is 7.31. The molecule has 0 spiro atoms. The number of rotatable bonds is 6. The Hall–Kier alpha value is -3.25. The molecule has 0 aliphatic rings. The van der Waals surface area contributed by atoms with E-state index in [2.05, 4.69) is 12.1 Å². The van der Waals surface area contributed by atoms with Crippen LogP contribution in [0, 0.1) is 0 Å². The Morgan fingerprint density at radius 1 is 0.897 bits per heavy atom. The van der Waals surface area contributed by atoms with E-state index in [1.807, 2.05) is 42.5 Å². The Bertz CT molecular complexity index is 1210. The molecule has 146 valence electrons. The van der Waals surface area contributed by atoms with Crippen molar-refractivity contribution in [2.75, 3.05) is 14.2 Å². The van der Waals surface area contributed by atoms with Gasteiger partial charge in [-0.1, -0.05) is 54.2 Å². The molecule has 0 atom stereocenters. The van der Waals surface area contributed by atoms with Crippen LogP contribution < -0.4 is 15.0 Å². The molecule has 0 amide bonds. The smallest absolute Gasteiger partial charge is 0.266 e. The standard InChI is InChI=1S/C23H20N2O3S/c1-27-20-13-12-17(14-21(20)28-2)25-22(26)18-10-6-7-11-19(18)24-23(25)29-15-16-8-4-3-5-9-16/h3-14H,15H2,1-2H3. The van der Waals surface area contributed by atoms with Gasteiger partial charge in [-0.15, -0.1) is 0 Å². The molecular formula is C23H20N2O3S. The first-order valence-electron chi connectivity index (χ1n) is 9.12. The highest BCUT2D eigenvalue weighted by Crippen LogP contribution is 2.31. The number of fused-ring (bicyclic) bond motifs is 1. The minimum atomic E-state index is -0.113. The van der Waals surface area contributed by atoms with Crippen LogP contribution in [0.25, 0.3) is 16.6 Å². The van der Waals surface area contributed by atoms with Gasteiger partial charge in [0.1, 0.15) is 0 Å². The number of hydrogen-bond acceptors (Lipinski definition) is 5. The van der Waals surface area contributed by atoms with E-state index >= 15 is 0 Å². The molecule has 6 heteroatoms. The summed E-state index contributed by atoms with van der Waals surface area (Å²) in [5.41, 5.74) is 2.42. The molecule has 0 N–H and O–H groups in total. The Morgan fingerprint density at radius 3 is 2.38 bits per heavy atom. The van der Waals surface area contributed by atoms with Gasteiger partial charge in [-0.25, -0.2) is 4.98 Å². The minimum Gasteiger partial charge on any atom is -0.493 e. The van der Waals surface area contributed by atoms with Crippen molar-refractivity contribution in [2.24, 2.45) is 0 Å². The summed E-state index contributed by atoms with van der Waals surface area (Å²) in [6.07, 6.45) is 0. The molecule has 0 radical (unpaired) electrons. The number of ether oxygens (including phenoxy) is 2. The zero-order valence-corrected chi connectivity index (χ0v) is 17.0. The first-order chi connectivity index (χ1) is 14.2. The molecule has 0 unspecified atom stereocenters. The number of para-hydroxylation sites is 1. The largest absolute Gasteiger partial charge is 0.493 e. The summed E-state index contributed by atoms with van der Waals surface area (Å²) in [5, 5.41) is 1.20. The number of nitrogens with zero attached hydrogens (tertiary/aromatic N) is 2. The lowest BCUT2D eigenvalue weighted by molar-refractivity contribution is 0.354. The van der Waals surface area contributed by atoms with Gasteiger partial charge in [0.2, 0.25) is 0 Å². The summed E-state index contributed by atoms with van der Waals surface area (Å²) in [6.45, 7) is 0. The van der Waals surface area contributed by atoms with Crippen molar-refractivity contribution in [3.8, 4) is 17.2 Å².